The van der Waals surface area contributed by atoms with Gasteiger partial charge in [0.05, 0.1) is 35.2 Å². The molecule has 0 amide bonds. The lowest BCUT2D eigenvalue weighted by Gasteiger charge is -2.15. The number of methoxy groups -OCH3 is 1. The zero-order valence-corrected chi connectivity index (χ0v) is 19.1. The monoisotopic (exact) mass is 460 g/mol. The summed E-state index contributed by atoms with van der Waals surface area (Å²) in [6, 6.07) is 15.6. The SMILES string of the molecule is COc1cc(-c2ccc3nccc(Nc4ccc(CN5CCCC5)nc4)c3c2)cc(Cl)c1O. The summed E-state index contributed by atoms with van der Waals surface area (Å²) < 4.78 is 5.26. The Morgan fingerprint density at radius 3 is 2.64 bits per heavy atom. The van der Waals surface area contributed by atoms with Gasteiger partial charge in [0, 0.05) is 23.8 Å². The quantitative estimate of drug-likeness (QED) is 0.367. The van der Waals surface area contributed by atoms with Crippen molar-refractivity contribution < 1.29 is 9.84 Å². The molecule has 1 aliphatic heterocycles. The fraction of sp³-hybridized carbons (Fsp3) is 0.231. The number of rotatable bonds is 6. The van der Waals surface area contributed by atoms with Gasteiger partial charge in [-0.05, 0) is 79.5 Å². The van der Waals surface area contributed by atoms with Gasteiger partial charge in [0.25, 0.3) is 0 Å². The molecule has 2 aromatic heterocycles. The first-order chi connectivity index (χ1) is 16.1. The summed E-state index contributed by atoms with van der Waals surface area (Å²) in [7, 11) is 1.51. The summed E-state index contributed by atoms with van der Waals surface area (Å²) in [5.74, 6) is 0.274. The standard InChI is InChI=1S/C26H25ClN4O2/c1-33-25-14-18(13-22(27)26(25)32)17-4-7-23-21(12-17)24(8-9-28-23)30-19-5-6-20(29-15-19)16-31-10-2-3-11-31/h4-9,12-15,32H,2-3,10-11,16H2,1H3,(H,28,30). The van der Waals surface area contributed by atoms with E-state index < -0.39 is 0 Å². The van der Waals surface area contributed by atoms with Crippen molar-refractivity contribution in [2.24, 2.45) is 0 Å². The van der Waals surface area contributed by atoms with Crippen LogP contribution in [0.5, 0.6) is 11.5 Å². The number of ether oxygens (including phenoxy) is 1. The van der Waals surface area contributed by atoms with Crippen LogP contribution in [-0.2, 0) is 6.54 Å². The molecule has 33 heavy (non-hydrogen) atoms. The average molecular weight is 461 g/mol. The summed E-state index contributed by atoms with van der Waals surface area (Å²) in [6.07, 6.45) is 6.23. The van der Waals surface area contributed by atoms with E-state index in [4.69, 9.17) is 16.3 Å². The van der Waals surface area contributed by atoms with Crippen molar-refractivity contribution in [3.05, 3.63) is 71.6 Å². The van der Waals surface area contributed by atoms with Crippen molar-refractivity contribution in [2.75, 3.05) is 25.5 Å². The predicted molar refractivity (Wildman–Crippen MR) is 132 cm³/mol. The Labute approximate surface area is 197 Å². The molecule has 2 aromatic carbocycles. The number of likely N-dealkylation sites (tertiary alicyclic amines) is 1. The number of nitrogens with one attached hydrogen (secondary N) is 1. The van der Waals surface area contributed by atoms with Gasteiger partial charge in [0.1, 0.15) is 0 Å². The zero-order valence-electron chi connectivity index (χ0n) is 18.4. The molecule has 3 heterocycles. The normalized spacial score (nSPS) is 14.0. The number of hydrogen-bond acceptors (Lipinski definition) is 6. The number of anilines is 2. The minimum absolute atomic E-state index is 0.0617. The molecule has 0 spiro atoms. The van der Waals surface area contributed by atoms with Crippen molar-refractivity contribution >= 4 is 33.9 Å². The molecule has 168 valence electrons. The van der Waals surface area contributed by atoms with Crippen molar-refractivity contribution in [3.63, 3.8) is 0 Å². The van der Waals surface area contributed by atoms with Gasteiger partial charge in [0.15, 0.2) is 11.5 Å². The molecule has 1 fully saturated rings. The number of benzene rings is 2. The van der Waals surface area contributed by atoms with Gasteiger partial charge in [-0.25, -0.2) is 0 Å². The number of phenolic OH excluding ortho intramolecular Hbond substituents is 1. The second kappa shape index (κ2) is 9.25. The van der Waals surface area contributed by atoms with Gasteiger partial charge < -0.3 is 15.2 Å². The molecule has 1 aliphatic rings. The maximum atomic E-state index is 10.1. The highest BCUT2D eigenvalue weighted by Gasteiger charge is 2.13. The number of aromatic hydroxyl groups is 1. The van der Waals surface area contributed by atoms with Crippen LogP contribution >= 0.6 is 11.6 Å². The first kappa shape index (κ1) is 21.5. The lowest BCUT2D eigenvalue weighted by atomic mass is 10.0. The fourth-order valence-corrected chi connectivity index (χ4v) is 4.46. The lowest BCUT2D eigenvalue weighted by Crippen LogP contribution is -2.18. The third-order valence-corrected chi connectivity index (χ3v) is 6.30. The molecule has 4 aromatic rings. The molecule has 0 bridgehead atoms. The number of fused-ring (bicyclic) bond motifs is 1. The molecule has 5 rings (SSSR count). The van der Waals surface area contributed by atoms with E-state index in [0.29, 0.717) is 5.75 Å². The highest BCUT2D eigenvalue weighted by Crippen LogP contribution is 2.39. The van der Waals surface area contributed by atoms with Gasteiger partial charge in [-0.1, -0.05) is 17.7 Å². The predicted octanol–water partition coefficient (Wildman–Crippen LogP) is 6.00. The Bertz CT molecular complexity index is 1290. The van der Waals surface area contributed by atoms with Crippen LogP contribution in [0.25, 0.3) is 22.0 Å². The average Bonchev–Trinajstić information content (AvgIpc) is 3.35. The molecule has 6 nitrogen and oxygen atoms in total. The van der Waals surface area contributed by atoms with Gasteiger partial charge in [0.2, 0.25) is 0 Å². The maximum absolute atomic E-state index is 10.1. The van der Waals surface area contributed by atoms with E-state index in [1.807, 2.05) is 24.4 Å². The van der Waals surface area contributed by atoms with Gasteiger partial charge in [-0.2, -0.15) is 0 Å². The van der Waals surface area contributed by atoms with E-state index in [2.05, 4.69) is 38.4 Å². The third-order valence-electron chi connectivity index (χ3n) is 6.01. The third kappa shape index (κ3) is 4.58. The molecule has 0 radical (unpaired) electrons. The van der Waals surface area contributed by atoms with Crippen LogP contribution in [0.2, 0.25) is 5.02 Å². The van der Waals surface area contributed by atoms with E-state index >= 15 is 0 Å². The minimum Gasteiger partial charge on any atom is -0.503 e. The number of halogens is 1. The second-order valence-corrected chi connectivity index (χ2v) is 8.65. The number of pyridine rings is 2. The van der Waals surface area contributed by atoms with E-state index in [1.165, 1.54) is 20.0 Å². The minimum atomic E-state index is -0.0617. The number of hydrogen-bond donors (Lipinski definition) is 2. The van der Waals surface area contributed by atoms with Gasteiger partial charge in [-0.3, -0.25) is 14.9 Å². The molecular weight excluding hydrogens is 436 g/mol. The Morgan fingerprint density at radius 2 is 1.88 bits per heavy atom. The molecule has 1 saturated heterocycles. The van der Waals surface area contributed by atoms with Crippen LogP contribution in [0.1, 0.15) is 18.5 Å². The van der Waals surface area contributed by atoms with Crippen LogP contribution in [0.15, 0.2) is 60.9 Å². The van der Waals surface area contributed by atoms with E-state index in [-0.39, 0.29) is 10.8 Å². The van der Waals surface area contributed by atoms with Crippen LogP contribution < -0.4 is 10.1 Å². The molecule has 2 N–H and O–H groups in total. The Balaban J connectivity index is 1.44. The molecule has 0 aliphatic carbocycles. The summed E-state index contributed by atoms with van der Waals surface area (Å²) in [5.41, 5.74) is 5.61. The second-order valence-electron chi connectivity index (χ2n) is 8.25. The Kier molecular flexibility index (Phi) is 6.03. The summed E-state index contributed by atoms with van der Waals surface area (Å²) in [6.45, 7) is 3.22. The van der Waals surface area contributed by atoms with Crippen LogP contribution in [0, 0.1) is 0 Å². The van der Waals surface area contributed by atoms with Crippen molar-refractivity contribution in [3.8, 4) is 22.6 Å². The molecule has 7 heteroatoms. The largest absolute Gasteiger partial charge is 0.503 e. The summed E-state index contributed by atoms with van der Waals surface area (Å²) in [5, 5.41) is 14.8. The van der Waals surface area contributed by atoms with E-state index in [9.17, 15) is 5.11 Å². The van der Waals surface area contributed by atoms with Crippen LogP contribution in [-0.4, -0.2) is 40.2 Å². The first-order valence-electron chi connectivity index (χ1n) is 11.0. The smallest absolute Gasteiger partial charge is 0.176 e. The van der Waals surface area contributed by atoms with Crippen LogP contribution in [0.3, 0.4) is 0 Å². The molecule has 0 unspecified atom stereocenters. The van der Waals surface area contributed by atoms with Gasteiger partial charge >= 0.3 is 0 Å². The molecule has 0 saturated carbocycles. The van der Waals surface area contributed by atoms with E-state index in [0.717, 1.165) is 58.7 Å². The topological polar surface area (TPSA) is 70.5 Å². The lowest BCUT2D eigenvalue weighted by molar-refractivity contribution is 0.327. The number of phenols is 1. The van der Waals surface area contributed by atoms with Crippen molar-refractivity contribution in [1.29, 1.82) is 0 Å². The fourth-order valence-electron chi connectivity index (χ4n) is 4.25. The highest BCUT2D eigenvalue weighted by molar-refractivity contribution is 6.32. The highest BCUT2D eigenvalue weighted by atomic mass is 35.5. The van der Waals surface area contributed by atoms with Crippen molar-refractivity contribution in [1.82, 2.24) is 14.9 Å². The first-order valence-corrected chi connectivity index (χ1v) is 11.4. The number of aromatic nitrogens is 2. The maximum Gasteiger partial charge on any atom is 0.176 e. The van der Waals surface area contributed by atoms with E-state index in [1.54, 1.807) is 18.3 Å². The summed E-state index contributed by atoms with van der Waals surface area (Å²) >= 11 is 6.21. The number of nitrogens with zero attached hydrogens (tertiary/aromatic N) is 3. The molecule has 0 atom stereocenters. The zero-order chi connectivity index (χ0) is 22.8. The molecular formula is C26H25ClN4O2. The summed E-state index contributed by atoms with van der Waals surface area (Å²) in [4.78, 5) is 11.6. The van der Waals surface area contributed by atoms with Crippen molar-refractivity contribution in [2.45, 2.75) is 19.4 Å². The van der Waals surface area contributed by atoms with Crippen LogP contribution in [0.4, 0.5) is 11.4 Å². The van der Waals surface area contributed by atoms with Gasteiger partial charge in [-0.15, -0.1) is 0 Å². The Hall–Kier alpha value is -3.35. The Morgan fingerprint density at radius 1 is 1.03 bits per heavy atom.